The second kappa shape index (κ2) is 7.34. The van der Waals surface area contributed by atoms with Gasteiger partial charge in [-0.2, -0.15) is 0 Å². The van der Waals surface area contributed by atoms with E-state index >= 15 is 0 Å². The Morgan fingerprint density at radius 2 is 1.90 bits per heavy atom. The highest BCUT2D eigenvalue weighted by Crippen LogP contribution is 2.11. The highest BCUT2D eigenvalue weighted by Gasteiger charge is 1.99. The summed E-state index contributed by atoms with van der Waals surface area (Å²) in [6, 6.07) is 17.3. The molecule has 20 heavy (non-hydrogen) atoms. The van der Waals surface area contributed by atoms with Crippen LogP contribution < -0.4 is 10.1 Å². The topological polar surface area (TPSA) is 38.3 Å². The standard InChI is InChI=1S/C17H19NO2/c1-14(19)15-7-5-8-16(13-15)18-11-6-12-20-17-9-3-2-4-10-17/h2-5,7-10,13,18H,6,11-12H2,1H3. The van der Waals surface area contributed by atoms with Gasteiger partial charge in [-0.05, 0) is 37.6 Å². The number of Topliss-reactive ketones (excluding diaryl/α,β-unsaturated/α-hetero) is 1. The summed E-state index contributed by atoms with van der Waals surface area (Å²) in [5, 5.41) is 3.29. The van der Waals surface area contributed by atoms with Crippen LogP contribution in [-0.4, -0.2) is 18.9 Å². The molecule has 1 N–H and O–H groups in total. The Morgan fingerprint density at radius 3 is 2.65 bits per heavy atom. The molecule has 0 fully saturated rings. The molecule has 0 amide bonds. The van der Waals surface area contributed by atoms with E-state index in [1.54, 1.807) is 6.92 Å². The molecule has 0 aliphatic rings. The van der Waals surface area contributed by atoms with E-state index in [0.717, 1.165) is 30.0 Å². The van der Waals surface area contributed by atoms with Crippen LogP contribution in [0.3, 0.4) is 0 Å². The summed E-state index contributed by atoms with van der Waals surface area (Å²) in [6.45, 7) is 3.06. The van der Waals surface area contributed by atoms with Gasteiger partial charge in [0.05, 0.1) is 6.61 Å². The van der Waals surface area contributed by atoms with Crippen molar-refractivity contribution in [1.82, 2.24) is 0 Å². The number of benzene rings is 2. The predicted octanol–water partition coefficient (Wildman–Crippen LogP) is 3.77. The summed E-state index contributed by atoms with van der Waals surface area (Å²) in [6.07, 6.45) is 0.902. The van der Waals surface area contributed by atoms with Crippen molar-refractivity contribution in [2.45, 2.75) is 13.3 Å². The maximum Gasteiger partial charge on any atom is 0.159 e. The maximum absolute atomic E-state index is 11.3. The summed E-state index contributed by atoms with van der Waals surface area (Å²) < 4.78 is 5.61. The van der Waals surface area contributed by atoms with Gasteiger partial charge in [0.1, 0.15) is 5.75 Å². The molecule has 0 radical (unpaired) electrons. The summed E-state index contributed by atoms with van der Waals surface area (Å²) in [5.74, 6) is 0.979. The number of anilines is 1. The Bertz CT molecular complexity index is 552. The van der Waals surface area contributed by atoms with E-state index in [-0.39, 0.29) is 5.78 Å². The summed E-state index contributed by atoms with van der Waals surface area (Å²) in [7, 11) is 0. The smallest absolute Gasteiger partial charge is 0.159 e. The Balaban J connectivity index is 1.71. The highest BCUT2D eigenvalue weighted by molar-refractivity contribution is 5.94. The lowest BCUT2D eigenvalue weighted by molar-refractivity contribution is 0.101. The SMILES string of the molecule is CC(=O)c1cccc(NCCCOc2ccccc2)c1. The van der Waals surface area contributed by atoms with Gasteiger partial charge in [-0.15, -0.1) is 0 Å². The van der Waals surface area contributed by atoms with E-state index < -0.39 is 0 Å². The van der Waals surface area contributed by atoms with Gasteiger partial charge in [-0.1, -0.05) is 30.3 Å². The Hall–Kier alpha value is -2.29. The first-order valence-corrected chi connectivity index (χ1v) is 6.78. The third-order valence-corrected chi connectivity index (χ3v) is 2.93. The minimum atomic E-state index is 0.0843. The van der Waals surface area contributed by atoms with Crippen molar-refractivity contribution in [3.8, 4) is 5.75 Å². The lowest BCUT2D eigenvalue weighted by Gasteiger charge is -2.08. The molecule has 0 unspecified atom stereocenters. The number of nitrogens with one attached hydrogen (secondary N) is 1. The Morgan fingerprint density at radius 1 is 1.10 bits per heavy atom. The molecule has 2 aromatic carbocycles. The van der Waals surface area contributed by atoms with Gasteiger partial charge in [0.25, 0.3) is 0 Å². The third kappa shape index (κ3) is 4.43. The molecule has 0 saturated heterocycles. The first-order valence-electron chi connectivity index (χ1n) is 6.78. The number of rotatable bonds is 7. The van der Waals surface area contributed by atoms with Crippen molar-refractivity contribution in [2.75, 3.05) is 18.5 Å². The normalized spacial score (nSPS) is 10.1. The minimum Gasteiger partial charge on any atom is -0.494 e. The van der Waals surface area contributed by atoms with Crippen LogP contribution in [0.5, 0.6) is 5.75 Å². The van der Waals surface area contributed by atoms with Crippen molar-refractivity contribution < 1.29 is 9.53 Å². The first kappa shape index (κ1) is 14.1. The van der Waals surface area contributed by atoms with E-state index in [0.29, 0.717) is 6.61 Å². The molecule has 0 atom stereocenters. The number of ketones is 1. The molecule has 104 valence electrons. The number of para-hydroxylation sites is 1. The Labute approximate surface area is 119 Å². The van der Waals surface area contributed by atoms with Crippen LogP contribution >= 0.6 is 0 Å². The fourth-order valence-corrected chi connectivity index (χ4v) is 1.86. The van der Waals surface area contributed by atoms with Crippen LogP contribution in [0.1, 0.15) is 23.7 Å². The molecular formula is C17H19NO2. The van der Waals surface area contributed by atoms with Crippen LogP contribution in [0.15, 0.2) is 54.6 Å². The number of ether oxygens (including phenoxy) is 1. The predicted molar refractivity (Wildman–Crippen MR) is 81.5 cm³/mol. The van der Waals surface area contributed by atoms with Crippen LogP contribution in [0.25, 0.3) is 0 Å². The molecule has 0 spiro atoms. The minimum absolute atomic E-state index is 0.0843. The van der Waals surface area contributed by atoms with Gasteiger partial charge in [-0.25, -0.2) is 0 Å². The third-order valence-electron chi connectivity index (χ3n) is 2.93. The van der Waals surface area contributed by atoms with E-state index in [4.69, 9.17) is 4.74 Å². The molecule has 0 saturated carbocycles. The first-order chi connectivity index (χ1) is 9.75. The van der Waals surface area contributed by atoms with E-state index in [9.17, 15) is 4.79 Å². The summed E-state index contributed by atoms with van der Waals surface area (Å²) in [5.41, 5.74) is 1.70. The second-order valence-corrected chi connectivity index (χ2v) is 4.58. The quantitative estimate of drug-likeness (QED) is 0.614. The largest absolute Gasteiger partial charge is 0.494 e. The fraction of sp³-hybridized carbons (Fsp3) is 0.235. The molecule has 0 heterocycles. The molecule has 3 heteroatoms. The number of carbonyl (C=O) groups excluding carboxylic acids is 1. The number of hydrogen-bond acceptors (Lipinski definition) is 3. The van der Waals surface area contributed by atoms with Crippen molar-refractivity contribution in [3.63, 3.8) is 0 Å². The van der Waals surface area contributed by atoms with Crippen LogP contribution in [0, 0.1) is 0 Å². The highest BCUT2D eigenvalue weighted by atomic mass is 16.5. The molecule has 2 aromatic rings. The average molecular weight is 269 g/mol. The van der Waals surface area contributed by atoms with E-state index in [2.05, 4.69) is 5.32 Å². The van der Waals surface area contributed by atoms with Crippen LogP contribution in [-0.2, 0) is 0 Å². The van der Waals surface area contributed by atoms with Gasteiger partial charge < -0.3 is 10.1 Å². The molecule has 0 aromatic heterocycles. The molecular weight excluding hydrogens is 250 g/mol. The van der Waals surface area contributed by atoms with Gasteiger partial charge in [0, 0.05) is 17.8 Å². The molecule has 0 aliphatic heterocycles. The maximum atomic E-state index is 11.3. The van der Waals surface area contributed by atoms with Crippen molar-refractivity contribution in [2.24, 2.45) is 0 Å². The van der Waals surface area contributed by atoms with Crippen molar-refractivity contribution in [1.29, 1.82) is 0 Å². The second-order valence-electron chi connectivity index (χ2n) is 4.58. The van der Waals surface area contributed by atoms with Gasteiger partial charge in [-0.3, -0.25) is 4.79 Å². The summed E-state index contributed by atoms with van der Waals surface area (Å²) in [4.78, 5) is 11.3. The zero-order chi connectivity index (χ0) is 14.2. The van der Waals surface area contributed by atoms with Crippen LogP contribution in [0.4, 0.5) is 5.69 Å². The lowest BCUT2D eigenvalue weighted by atomic mass is 10.1. The average Bonchev–Trinajstić information content (AvgIpc) is 2.48. The van der Waals surface area contributed by atoms with Gasteiger partial charge in [0.15, 0.2) is 5.78 Å². The van der Waals surface area contributed by atoms with Crippen molar-refractivity contribution in [3.05, 3.63) is 60.2 Å². The lowest BCUT2D eigenvalue weighted by Crippen LogP contribution is -2.07. The zero-order valence-electron chi connectivity index (χ0n) is 11.6. The van der Waals surface area contributed by atoms with Crippen molar-refractivity contribution >= 4 is 11.5 Å². The zero-order valence-corrected chi connectivity index (χ0v) is 11.6. The number of carbonyl (C=O) groups is 1. The fourth-order valence-electron chi connectivity index (χ4n) is 1.86. The number of hydrogen-bond donors (Lipinski definition) is 1. The Kier molecular flexibility index (Phi) is 5.18. The molecule has 2 rings (SSSR count). The molecule has 3 nitrogen and oxygen atoms in total. The molecule has 0 aliphatic carbocycles. The molecule has 0 bridgehead atoms. The van der Waals surface area contributed by atoms with E-state index in [1.165, 1.54) is 0 Å². The monoisotopic (exact) mass is 269 g/mol. The van der Waals surface area contributed by atoms with Crippen LogP contribution in [0.2, 0.25) is 0 Å². The summed E-state index contributed by atoms with van der Waals surface area (Å²) >= 11 is 0. The van der Waals surface area contributed by atoms with E-state index in [1.807, 2.05) is 54.6 Å². The van der Waals surface area contributed by atoms with Gasteiger partial charge >= 0.3 is 0 Å². The van der Waals surface area contributed by atoms with Gasteiger partial charge in [0.2, 0.25) is 0 Å².